The SMILES string of the molecule is O=[N+]([O-])c1cc(I)ccc1NC1CCN(C2CCCCC2O)CC1. The van der Waals surface area contributed by atoms with Gasteiger partial charge in [-0.15, -0.1) is 0 Å². The lowest BCUT2D eigenvalue weighted by molar-refractivity contribution is -0.384. The summed E-state index contributed by atoms with van der Waals surface area (Å²) >= 11 is 2.09. The Kier molecular flexibility index (Phi) is 5.93. The molecule has 0 bridgehead atoms. The molecule has 3 rings (SSSR count). The molecule has 1 heterocycles. The van der Waals surface area contributed by atoms with Crippen LogP contribution in [0.3, 0.4) is 0 Å². The van der Waals surface area contributed by atoms with E-state index in [1.54, 1.807) is 12.1 Å². The third kappa shape index (κ3) is 4.18. The fraction of sp³-hybridized carbons (Fsp3) is 0.647. The fourth-order valence-electron chi connectivity index (χ4n) is 3.89. The molecule has 6 nitrogen and oxygen atoms in total. The maximum absolute atomic E-state index is 11.2. The summed E-state index contributed by atoms with van der Waals surface area (Å²) in [5, 5.41) is 24.8. The van der Waals surface area contributed by atoms with E-state index in [1.807, 2.05) is 6.07 Å². The number of nitrogens with one attached hydrogen (secondary N) is 1. The average molecular weight is 445 g/mol. The van der Waals surface area contributed by atoms with Gasteiger partial charge in [-0.3, -0.25) is 15.0 Å². The highest BCUT2D eigenvalue weighted by Crippen LogP contribution is 2.30. The Labute approximate surface area is 155 Å². The van der Waals surface area contributed by atoms with Crippen LogP contribution in [0.4, 0.5) is 11.4 Å². The van der Waals surface area contributed by atoms with E-state index in [0.717, 1.165) is 48.8 Å². The minimum absolute atomic E-state index is 0.145. The van der Waals surface area contributed by atoms with Crippen molar-refractivity contribution < 1.29 is 10.0 Å². The van der Waals surface area contributed by atoms with Gasteiger partial charge in [-0.1, -0.05) is 12.8 Å². The number of anilines is 1. The van der Waals surface area contributed by atoms with E-state index in [-0.39, 0.29) is 22.8 Å². The zero-order chi connectivity index (χ0) is 17.1. The summed E-state index contributed by atoms with van der Waals surface area (Å²) in [6.45, 7) is 1.88. The second-order valence-corrected chi connectivity index (χ2v) is 8.04. The van der Waals surface area contributed by atoms with E-state index in [1.165, 1.54) is 6.42 Å². The summed E-state index contributed by atoms with van der Waals surface area (Å²) in [6, 6.07) is 5.85. The molecule has 132 valence electrons. The first-order chi connectivity index (χ1) is 11.5. The van der Waals surface area contributed by atoms with Gasteiger partial charge in [0.15, 0.2) is 0 Å². The molecule has 2 aliphatic rings. The third-order valence-corrected chi connectivity index (χ3v) is 5.88. The lowest BCUT2D eigenvalue weighted by Gasteiger charge is -2.41. The molecule has 0 aromatic heterocycles. The van der Waals surface area contributed by atoms with E-state index in [9.17, 15) is 15.2 Å². The van der Waals surface area contributed by atoms with E-state index in [2.05, 4.69) is 32.8 Å². The van der Waals surface area contributed by atoms with E-state index >= 15 is 0 Å². The Morgan fingerprint density at radius 1 is 1.21 bits per heavy atom. The smallest absolute Gasteiger partial charge is 0.293 e. The van der Waals surface area contributed by atoms with Crippen LogP contribution < -0.4 is 5.32 Å². The number of benzene rings is 1. The molecule has 1 aliphatic heterocycles. The highest BCUT2D eigenvalue weighted by molar-refractivity contribution is 14.1. The minimum Gasteiger partial charge on any atom is -0.391 e. The lowest BCUT2D eigenvalue weighted by Crippen LogP contribution is -2.50. The number of hydrogen-bond donors (Lipinski definition) is 2. The normalized spacial score (nSPS) is 26.2. The molecule has 1 aliphatic carbocycles. The van der Waals surface area contributed by atoms with Crippen molar-refractivity contribution in [2.75, 3.05) is 18.4 Å². The van der Waals surface area contributed by atoms with Crippen molar-refractivity contribution in [1.82, 2.24) is 4.90 Å². The summed E-state index contributed by atoms with van der Waals surface area (Å²) in [6.07, 6.45) is 6.04. The molecule has 1 saturated carbocycles. The number of likely N-dealkylation sites (tertiary alicyclic amines) is 1. The van der Waals surface area contributed by atoms with Crippen LogP contribution in [0.25, 0.3) is 0 Å². The zero-order valence-electron chi connectivity index (χ0n) is 13.7. The van der Waals surface area contributed by atoms with Crippen molar-refractivity contribution in [3.63, 3.8) is 0 Å². The second kappa shape index (κ2) is 7.97. The van der Waals surface area contributed by atoms with Gasteiger partial charge in [-0.05, 0) is 60.4 Å². The molecule has 0 radical (unpaired) electrons. The fourth-order valence-corrected chi connectivity index (χ4v) is 4.37. The summed E-state index contributed by atoms with van der Waals surface area (Å²) in [5.41, 5.74) is 0.753. The first kappa shape index (κ1) is 17.9. The van der Waals surface area contributed by atoms with Crippen LogP contribution in [-0.4, -0.2) is 46.2 Å². The van der Waals surface area contributed by atoms with Gasteiger partial charge in [0.1, 0.15) is 5.69 Å². The number of hydrogen-bond acceptors (Lipinski definition) is 5. The predicted molar refractivity (Wildman–Crippen MR) is 102 cm³/mol. The van der Waals surface area contributed by atoms with Crippen molar-refractivity contribution in [2.24, 2.45) is 0 Å². The van der Waals surface area contributed by atoms with Crippen molar-refractivity contribution in [2.45, 2.75) is 56.7 Å². The minimum atomic E-state index is -0.321. The van der Waals surface area contributed by atoms with Gasteiger partial charge in [0, 0.05) is 34.8 Å². The van der Waals surface area contributed by atoms with Gasteiger partial charge in [0.05, 0.1) is 11.0 Å². The first-order valence-electron chi connectivity index (χ1n) is 8.67. The van der Waals surface area contributed by atoms with Gasteiger partial charge in [-0.2, -0.15) is 0 Å². The van der Waals surface area contributed by atoms with Crippen LogP contribution >= 0.6 is 22.6 Å². The highest BCUT2D eigenvalue weighted by atomic mass is 127. The molecule has 2 fully saturated rings. The molecular weight excluding hydrogens is 421 g/mol. The second-order valence-electron chi connectivity index (χ2n) is 6.79. The zero-order valence-corrected chi connectivity index (χ0v) is 15.8. The Balaban J connectivity index is 1.59. The van der Waals surface area contributed by atoms with Crippen LogP contribution in [0, 0.1) is 13.7 Å². The summed E-state index contributed by atoms with van der Waals surface area (Å²) in [5.74, 6) is 0. The van der Waals surface area contributed by atoms with Gasteiger partial charge in [-0.25, -0.2) is 0 Å². The molecule has 2 atom stereocenters. The van der Waals surface area contributed by atoms with Crippen molar-refractivity contribution in [3.05, 3.63) is 31.9 Å². The number of aliphatic hydroxyl groups is 1. The van der Waals surface area contributed by atoms with Gasteiger partial charge >= 0.3 is 0 Å². The monoisotopic (exact) mass is 445 g/mol. The van der Waals surface area contributed by atoms with E-state index in [4.69, 9.17) is 0 Å². The number of piperidine rings is 1. The maximum atomic E-state index is 11.2. The molecule has 24 heavy (non-hydrogen) atoms. The predicted octanol–water partition coefficient (Wildman–Crippen LogP) is 3.38. The number of rotatable bonds is 4. The highest BCUT2D eigenvalue weighted by Gasteiger charge is 2.31. The molecule has 1 saturated heterocycles. The van der Waals surface area contributed by atoms with Crippen LogP contribution in [-0.2, 0) is 0 Å². The summed E-state index contributed by atoms with van der Waals surface area (Å²) in [7, 11) is 0. The Morgan fingerprint density at radius 3 is 2.58 bits per heavy atom. The summed E-state index contributed by atoms with van der Waals surface area (Å²) < 4.78 is 0.867. The molecule has 2 N–H and O–H groups in total. The molecule has 7 heteroatoms. The lowest BCUT2D eigenvalue weighted by atomic mass is 9.89. The van der Waals surface area contributed by atoms with E-state index in [0.29, 0.717) is 11.7 Å². The maximum Gasteiger partial charge on any atom is 0.293 e. The van der Waals surface area contributed by atoms with Crippen molar-refractivity contribution in [3.8, 4) is 0 Å². The van der Waals surface area contributed by atoms with Crippen LogP contribution in [0.5, 0.6) is 0 Å². The standard InChI is InChI=1S/C17H24IN3O3/c18-12-5-6-14(16(11-12)21(23)24)19-13-7-9-20(10-8-13)15-3-1-2-4-17(15)22/h5-6,11,13,15,17,19,22H,1-4,7-10H2. The molecule has 0 spiro atoms. The van der Waals surface area contributed by atoms with Crippen molar-refractivity contribution in [1.29, 1.82) is 0 Å². The molecule has 0 amide bonds. The Hall–Kier alpha value is -0.930. The van der Waals surface area contributed by atoms with Crippen LogP contribution in [0.15, 0.2) is 18.2 Å². The van der Waals surface area contributed by atoms with Crippen molar-refractivity contribution >= 4 is 34.0 Å². The average Bonchev–Trinajstić information content (AvgIpc) is 2.57. The van der Waals surface area contributed by atoms with Crippen LogP contribution in [0.2, 0.25) is 0 Å². The quantitative estimate of drug-likeness (QED) is 0.422. The molecular formula is C17H24IN3O3. The first-order valence-corrected chi connectivity index (χ1v) is 9.75. The van der Waals surface area contributed by atoms with Gasteiger partial charge in [0.25, 0.3) is 5.69 Å². The van der Waals surface area contributed by atoms with Gasteiger partial charge in [0.2, 0.25) is 0 Å². The van der Waals surface area contributed by atoms with Gasteiger partial charge < -0.3 is 10.4 Å². The molecule has 2 unspecified atom stereocenters. The molecule has 1 aromatic carbocycles. The number of nitro groups is 1. The third-order valence-electron chi connectivity index (χ3n) is 5.21. The molecule has 1 aromatic rings. The largest absolute Gasteiger partial charge is 0.391 e. The number of aliphatic hydroxyl groups excluding tert-OH is 1. The number of nitro benzene ring substituents is 1. The Morgan fingerprint density at radius 2 is 1.92 bits per heavy atom. The van der Waals surface area contributed by atoms with E-state index < -0.39 is 0 Å². The Bertz CT molecular complexity index is 590. The topological polar surface area (TPSA) is 78.6 Å². The summed E-state index contributed by atoms with van der Waals surface area (Å²) in [4.78, 5) is 13.3. The van der Waals surface area contributed by atoms with Crippen LogP contribution in [0.1, 0.15) is 38.5 Å². The number of nitrogens with zero attached hydrogens (tertiary/aromatic N) is 2. The number of halogens is 1.